The molecule has 1 aliphatic rings. The van der Waals surface area contributed by atoms with Crippen LogP contribution in [-0.4, -0.2) is 27.4 Å². The predicted octanol–water partition coefficient (Wildman–Crippen LogP) is 0.214. The number of carbonyl (C=O) groups excluding carboxylic acids is 1. The van der Waals surface area contributed by atoms with Crippen LogP contribution in [0.4, 0.5) is 5.69 Å². The maximum Gasteiger partial charge on any atom is 0.223 e. The lowest BCUT2D eigenvalue weighted by Gasteiger charge is -2.09. The van der Waals surface area contributed by atoms with Crippen LogP contribution in [0.5, 0.6) is 0 Å². The van der Waals surface area contributed by atoms with Crippen LogP contribution >= 0.6 is 0 Å². The van der Waals surface area contributed by atoms with E-state index in [0.29, 0.717) is 17.8 Å². The molecule has 0 unspecified atom stereocenters. The van der Waals surface area contributed by atoms with Crippen molar-refractivity contribution >= 4 is 21.6 Å². The van der Waals surface area contributed by atoms with E-state index in [1.807, 2.05) is 0 Å². The zero-order valence-electron chi connectivity index (χ0n) is 11.1. The molecule has 0 spiro atoms. The first-order valence-corrected chi connectivity index (χ1v) is 8.21. The first-order valence-electron chi connectivity index (χ1n) is 6.56. The molecule has 0 bridgehead atoms. The van der Waals surface area contributed by atoms with Crippen molar-refractivity contribution in [2.24, 2.45) is 5.92 Å². The molecule has 0 aromatic heterocycles. The predicted molar refractivity (Wildman–Crippen MR) is 77.2 cm³/mol. The molecule has 1 amide bonds. The summed E-state index contributed by atoms with van der Waals surface area (Å²) in [4.78, 5) is 11.4. The number of para-hydroxylation sites is 1. The number of nitrogens with two attached hydrogens (primary N) is 1. The minimum Gasteiger partial charge on any atom is -0.398 e. The number of hydrogen-bond donors (Lipinski definition) is 3. The molecule has 0 atom stereocenters. The monoisotopic (exact) mass is 297 g/mol. The molecule has 1 saturated carbocycles. The number of amides is 1. The second kappa shape index (κ2) is 6.23. The van der Waals surface area contributed by atoms with Gasteiger partial charge in [0.25, 0.3) is 0 Å². The smallest absolute Gasteiger partial charge is 0.223 e. The zero-order valence-corrected chi connectivity index (χ0v) is 11.9. The maximum absolute atomic E-state index is 11.9. The van der Waals surface area contributed by atoms with Crippen LogP contribution in [0.15, 0.2) is 24.3 Å². The van der Waals surface area contributed by atoms with Crippen LogP contribution in [0, 0.1) is 5.92 Å². The summed E-state index contributed by atoms with van der Waals surface area (Å²) in [6, 6.07) is 6.85. The van der Waals surface area contributed by atoms with Gasteiger partial charge in [-0.1, -0.05) is 18.2 Å². The van der Waals surface area contributed by atoms with Crippen LogP contribution in [0.3, 0.4) is 0 Å². The zero-order chi connectivity index (χ0) is 14.6. The highest BCUT2D eigenvalue weighted by molar-refractivity contribution is 7.88. The van der Waals surface area contributed by atoms with Gasteiger partial charge in [0.1, 0.15) is 0 Å². The van der Waals surface area contributed by atoms with E-state index in [-0.39, 0.29) is 24.1 Å². The largest absolute Gasteiger partial charge is 0.398 e. The van der Waals surface area contributed by atoms with E-state index in [1.54, 1.807) is 24.3 Å². The third-order valence-corrected chi connectivity index (χ3v) is 4.43. The summed E-state index contributed by atoms with van der Waals surface area (Å²) >= 11 is 0. The van der Waals surface area contributed by atoms with Crippen molar-refractivity contribution in [1.82, 2.24) is 10.0 Å². The van der Waals surface area contributed by atoms with Gasteiger partial charge in [-0.2, -0.15) is 0 Å². The lowest BCUT2D eigenvalue weighted by Crippen LogP contribution is -2.35. The van der Waals surface area contributed by atoms with Gasteiger partial charge >= 0.3 is 0 Å². The fourth-order valence-corrected chi connectivity index (χ4v) is 2.99. The standard InChI is InChI=1S/C13H19N3O3S/c14-12-4-2-1-3-11(12)9-20(18,19)16-8-7-15-13(17)10-5-6-10/h1-4,10,16H,5-9,14H2,(H,15,17). The van der Waals surface area contributed by atoms with Crippen molar-refractivity contribution in [3.05, 3.63) is 29.8 Å². The molecule has 1 aromatic carbocycles. The van der Waals surface area contributed by atoms with E-state index < -0.39 is 10.0 Å². The molecule has 20 heavy (non-hydrogen) atoms. The molecule has 0 saturated heterocycles. The minimum absolute atomic E-state index is 0.0106. The molecule has 0 heterocycles. The molecule has 1 aromatic rings. The molecule has 110 valence electrons. The van der Waals surface area contributed by atoms with Gasteiger partial charge in [0.15, 0.2) is 0 Å². The quantitative estimate of drug-likeness (QED) is 0.495. The molecular formula is C13H19N3O3S. The number of rotatable bonds is 7. The molecule has 6 nitrogen and oxygen atoms in total. The summed E-state index contributed by atoms with van der Waals surface area (Å²) in [5.41, 5.74) is 6.74. The van der Waals surface area contributed by atoms with Crippen LogP contribution in [-0.2, 0) is 20.6 Å². The fourth-order valence-electron chi connectivity index (χ4n) is 1.80. The van der Waals surface area contributed by atoms with Gasteiger partial charge in [0.05, 0.1) is 5.75 Å². The van der Waals surface area contributed by atoms with Crippen molar-refractivity contribution in [2.75, 3.05) is 18.8 Å². The van der Waals surface area contributed by atoms with Gasteiger partial charge in [-0.25, -0.2) is 13.1 Å². The Morgan fingerprint density at radius 2 is 1.95 bits per heavy atom. The second-order valence-electron chi connectivity index (χ2n) is 4.92. The highest BCUT2D eigenvalue weighted by Gasteiger charge is 2.29. The molecule has 1 fully saturated rings. The molecular weight excluding hydrogens is 278 g/mol. The van der Waals surface area contributed by atoms with E-state index >= 15 is 0 Å². The number of hydrogen-bond acceptors (Lipinski definition) is 4. The van der Waals surface area contributed by atoms with Crippen molar-refractivity contribution in [1.29, 1.82) is 0 Å². The van der Waals surface area contributed by atoms with E-state index in [9.17, 15) is 13.2 Å². The van der Waals surface area contributed by atoms with Gasteiger partial charge in [-0.05, 0) is 24.5 Å². The lowest BCUT2D eigenvalue weighted by molar-refractivity contribution is -0.122. The highest BCUT2D eigenvalue weighted by atomic mass is 32.2. The summed E-state index contributed by atoms with van der Waals surface area (Å²) in [6.45, 7) is 0.492. The van der Waals surface area contributed by atoms with Gasteiger partial charge in [0.2, 0.25) is 15.9 Å². The SMILES string of the molecule is Nc1ccccc1CS(=O)(=O)NCCNC(=O)C1CC1. The fraction of sp³-hybridized carbons (Fsp3) is 0.462. The highest BCUT2D eigenvalue weighted by Crippen LogP contribution is 2.28. The second-order valence-corrected chi connectivity index (χ2v) is 6.72. The van der Waals surface area contributed by atoms with Crippen LogP contribution in [0.2, 0.25) is 0 Å². The van der Waals surface area contributed by atoms with Gasteiger partial charge in [0, 0.05) is 24.7 Å². The number of anilines is 1. The van der Waals surface area contributed by atoms with E-state index in [2.05, 4.69) is 10.0 Å². The summed E-state index contributed by atoms with van der Waals surface area (Å²) in [6.07, 6.45) is 1.87. The van der Waals surface area contributed by atoms with Gasteiger partial charge < -0.3 is 11.1 Å². The lowest BCUT2D eigenvalue weighted by atomic mass is 10.2. The minimum atomic E-state index is -3.44. The Labute approximate surface area is 118 Å². The third-order valence-electron chi connectivity index (χ3n) is 3.09. The molecule has 1 aliphatic carbocycles. The summed E-state index contributed by atoms with van der Waals surface area (Å²) in [5.74, 6) is -0.0109. The maximum atomic E-state index is 11.9. The van der Waals surface area contributed by atoms with E-state index in [1.165, 1.54) is 0 Å². The first-order chi connectivity index (χ1) is 9.48. The average molecular weight is 297 g/mol. The summed E-state index contributed by atoms with van der Waals surface area (Å²) in [5, 5.41) is 2.70. The van der Waals surface area contributed by atoms with Crippen molar-refractivity contribution < 1.29 is 13.2 Å². The Kier molecular flexibility index (Phi) is 4.61. The molecule has 2 rings (SSSR count). The summed E-state index contributed by atoms with van der Waals surface area (Å²) in [7, 11) is -3.44. The summed E-state index contributed by atoms with van der Waals surface area (Å²) < 4.78 is 26.2. The number of carbonyl (C=O) groups is 1. The molecule has 4 N–H and O–H groups in total. The topological polar surface area (TPSA) is 101 Å². The Morgan fingerprint density at radius 1 is 1.25 bits per heavy atom. The molecule has 7 heteroatoms. The Morgan fingerprint density at radius 3 is 2.60 bits per heavy atom. The van der Waals surface area contributed by atoms with E-state index in [0.717, 1.165) is 12.8 Å². The number of sulfonamides is 1. The number of nitrogen functional groups attached to an aromatic ring is 1. The van der Waals surface area contributed by atoms with Crippen molar-refractivity contribution in [3.8, 4) is 0 Å². The van der Waals surface area contributed by atoms with E-state index in [4.69, 9.17) is 5.73 Å². The van der Waals surface area contributed by atoms with Gasteiger partial charge in [-0.15, -0.1) is 0 Å². The Balaban J connectivity index is 1.76. The number of benzene rings is 1. The average Bonchev–Trinajstić information content (AvgIpc) is 3.21. The van der Waals surface area contributed by atoms with Crippen LogP contribution in [0.25, 0.3) is 0 Å². The van der Waals surface area contributed by atoms with Crippen molar-refractivity contribution in [2.45, 2.75) is 18.6 Å². The van der Waals surface area contributed by atoms with Gasteiger partial charge in [-0.3, -0.25) is 4.79 Å². The third kappa shape index (κ3) is 4.50. The van der Waals surface area contributed by atoms with Crippen LogP contribution in [0.1, 0.15) is 18.4 Å². The molecule has 0 aliphatic heterocycles. The molecule has 0 radical (unpaired) electrons. The van der Waals surface area contributed by atoms with Crippen molar-refractivity contribution in [3.63, 3.8) is 0 Å². The Bertz CT molecular complexity index is 582. The Hall–Kier alpha value is -1.60. The number of nitrogens with one attached hydrogen (secondary N) is 2. The normalized spacial score (nSPS) is 15.0. The first kappa shape index (κ1) is 14.8. The van der Waals surface area contributed by atoms with Crippen LogP contribution < -0.4 is 15.8 Å².